The van der Waals surface area contributed by atoms with E-state index in [2.05, 4.69) is 5.32 Å². The predicted octanol–water partition coefficient (Wildman–Crippen LogP) is 4.84. The summed E-state index contributed by atoms with van der Waals surface area (Å²) in [4.78, 5) is 12.2. The first-order valence-electron chi connectivity index (χ1n) is 6.93. The summed E-state index contributed by atoms with van der Waals surface area (Å²) in [5.74, 6) is -0.0905. The molecule has 4 heteroatoms. The third-order valence-corrected chi connectivity index (χ3v) is 4.16. The first kappa shape index (κ1) is 14.7. The highest BCUT2D eigenvalue weighted by atomic mass is 35.5. The Kier molecular flexibility index (Phi) is 5.53. The smallest absolute Gasteiger partial charge is 0.253 e. The van der Waals surface area contributed by atoms with Crippen molar-refractivity contribution < 1.29 is 4.79 Å². The zero-order valence-electron chi connectivity index (χ0n) is 10.9. The van der Waals surface area contributed by atoms with Crippen molar-refractivity contribution in [1.82, 2.24) is 5.32 Å². The molecular formula is C15H19Cl2NO. The Morgan fingerprint density at radius 1 is 1.05 bits per heavy atom. The minimum absolute atomic E-state index is 0.0905. The molecule has 0 atom stereocenters. The van der Waals surface area contributed by atoms with Crippen LogP contribution in [0, 0.1) is 0 Å². The molecular weight excluding hydrogens is 281 g/mol. The number of hydrogen-bond donors (Lipinski definition) is 1. The molecule has 0 aromatic heterocycles. The molecule has 0 radical (unpaired) electrons. The molecule has 1 aliphatic rings. The molecule has 1 amide bonds. The van der Waals surface area contributed by atoms with Crippen LogP contribution in [-0.4, -0.2) is 11.9 Å². The van der Waals surface area contributed by atoms with Crippen LogP contribution in [0.2, 0.25) is 10.0 Å². The van der Waals surface area contributed by atoms with Crippen molar-refractivity contribution in [3.05, 3.63) is 33.8 Å². The van der Waals surface area contributed by atoms with Gasteiger partial charge in [0.1, 0.15) is 0 Å². The van der Waals surface area contributed by atoms with Crippen LogP contribution >= 0.6 is 23.2 Å². The van der Waals surface area contributed by atoms with E-state index in [1.54, 1.807) is 18.2 Å². The van der Waals surface area contributed by atoms with Crippen molar-refractivity contribution in [2.45, 2.75) is 51.0 Å². The van der Waals surface area contributed by atoms with Crippen LogP contribution in [0.15, 0.2) is 18.2 Å². The van der Waals surface area contributed by atoms with E-state index in [1.807, 2.05) is 0 Å². The fourth-order valence-electron chi connectivity index (χ4n) is 2.54. The Bertz CT molecular complexity index is 440. The van der Waals surface area contributed by atoms with Crippen LogP contribution in [0.4, 0.5) is 0 Å². The summed E-state index contributed by atoms with van der Waals surface area (Å²) < 4.78 is 0. The summed E-state index contributed by atoms with van der Waals surface area (Å²) in [6.45, 7) is 0. The van der Waals surface area contributed by atoms with Crippen molar-refractivity contribution in [3.63, 3.8) is 0 Å². The van der Waals surface area contributed by atoms with Crippen LogP contribution in [0.1, 0.15) is 55.3 Å². The van der Waals surface area contributed by atoms with Crippen LogP contribution in [0.5, 0.6) is 0 Å². The first-order chi connectivity index (χ1) is 9.16. The molecule has 19 heavy (non-hydrogen) atoms. The van der Waals surface area contributed by atoms with Crippen molar-refractivity contribution in [2.75, 3.05) is 0 Å². The van der Waals surface area contributed by atoms with E-state index in [0.717, 1.165) is 12.8 Å². The molecule has 0 bridgehead atoms. The summed E-state index contributed by atoms with van der Waals surface area (Å²) in [6.07, 6.45) is 8.39. The molecule has 1 N–H and O–H groups in total. The zero-order valence-corrected chi connectivity index (χ0v) is 12.4. The van der Waals surface area contributed by atoms with E-state index in [0.29, 0.717) is 15.6 Å². The quantitative estimate of drug-likeness (QED) is 0.832. The Labute approximate surface area is 124 Å². The third kappa shape index (κ3) is 4.39. The second kappa shape index (κ2) is 7.16. The normalized spacial score (nSPS) is 17.6. The van der Waals surface area contributed by atoms with Crippen molar-refractivity contribution >= 4 is 29.1 Å². The maximum atomic E-state index is 12.2. The number of amides is 1. The highest BCUT2D eigenvalue weighted by Gasteiger charge is 2.17. The van der Waals surface area contributed by atoms with E-state index >= 15 is 0 Å². The summed E-state index contributed by atoms with van der Waals surface area (Å²) in [5.41, 5.74) is 0.508. The summed E-state index contributed by atoms with van der Waals surface area (Å²) in [6, 6.07) is 5.26. The Morgan fingerprint density at radius 3 is 2.32 bits per heavy atom. The number of carbonyl (C=O) groups is 1. The number of nitrogens with one attached hydrogen (secondary N) is 1. The topological polar surface area (TPSA) is 29.1 Å². The molecule has 1 aromatic rings. The second-order valence-corrected chi connectivity index (χ2v) is 5.98. The van der Waals surface area contributed by atoms with Gasteiger partial charge >= 0.3 is 0 Å². The lowest BCUT2D eigenvalue weighted by molar-refractivity contribution is 0.0930. The fourth-order valence-corrected chi connectivity index (χ4v) is 3.03. The molecule has 2 rings (SSSR count). The van der Waals surface area contributed by atoms with E-state index in [1.165, 1.54) is 32.1 Å². The fraction of sp³-hybridized carbons (Fsp3) is 0.533. The highest BCUT2D eigenvalue weighted by Crippen LogP contribution is 2.22. The molecule has 0 spiro atoms. The van der Waals surface area contributed by atoms with Gasteiger partial charge in [0.25, 0.3) is 5.91 Å². The van der Waals surface area contributed by atoms with Gasteiger partial charge in [-0.1, -0.05) is 55.3 Å². The van der Waals surface area contributed by atoms with Crippen molar-refractivity contribution in [1.29, 1.82) is 0 Å². The van der Waals surface area contributed by atoms with Gasteiger partial charge < -0.3 is 5.32 Å². The highest BCUT2D eigenvalue weighted by molar-refractivity contribution is 6.36. The van der Waals surface area contributed by atoms with E-state index in [9.17, 15) is 4.79 Å². The second-order valence-electron chi connectivity index (χ2n) is 5.14. The Hall–Kier alpha value is -0.730. The molecule has 104 valence electrons. The van der Waals surface area contributed by atoms with E-state index in [-0.39, 0.29) is 11.9 Å². The largest absolute Gasteiger partial charge is 0.349 e. The molecule has 0 unspecified atom stereocenters. The maximum Gasteiger partial charge on any atom is 0.253 e. The lowest BCUT2D eigenvalue weighted by Gasteiger charge is -2.21. The number of hydrogen-bond acceptors (Lipinski definition) is 1. The molecule has 1 aliphatic carbocycles. The van der Waals surface area contributed by atoms with Gasteiger partial charge in [-0.25, -0.2) is 0 Å². The zero-order chi connectivity index (χ0) is 13.7. The third-order valence-electron chi connectivity index (χ3n) is 3.62. The summed E-state index contributed by atoms with van der Waals surface area (Å²) in [5, 5.41) is 4.06. The van der Waals surface area contributed by atoms with E-state index in [4.69, 9.17) is 23.2 Å². The van der Waals surface area contributed by atoms with Crippen molar-refractivity contribution in [2.24, 2.45) is 0 Å². The number of rotatable bonds is 2. The number of carbonyl (C=O) groups excluding carboxylic acids is 1. The molecule has 1 aromatic carbocycles. The number of halogens is 2. The Balaban J connectivity index is 1.99. The lowest BCUT2D eigenvalue weighted by atomic mass is 9.96. The molecule has 0 saturated heterocycles. The van der Waals surface area contributed by atoms with Gasteiger partial charge in [-0.3, -0.25) is 4.79 Å². The first-order valence-corrected chi connectivity index (χ1v) is 7.68. The summed E-state index contributed by atoms with van der Waals surface area (Å²) >= 11 is 11.9. The standard InChI is InChI=1S/C15H19Cl2NO/c16-11-8-9-13(14(17)10-11)15(19)18-12-6-4-2-1-3-5-7-12/h8-10,12H,1-7H2,(H,18,19). The minimum atomic E-state index is -0.0905. The van der Waals surface area contributed by atoms with Gasteiger partial charge in [-0.15, -0.1) is 0 Å². The van der Waals surface area contributed by atoms with Gasteiger partial charge in [0.15, 0.2) is 0 Å². The van der Waals surface area contributed by atoms with Gasteiger partial charge in [-0.2, -0.15) is 0 Å². The molecule has 1 saturated carbocycles. The van der Waals surface area contributed by atoms with Crippen LogP contribution in [0.3, 0.4) is 0 Å². The maximum absolute atomic E-state index is 12.2. The van der Waals surface area contributed by atoms with Crippen LogP contribution in [0.25, 0.3) is 0 Å². The molecule has 0 aliphatic heterocycles. The predicted molar refractivity (Wildman–Crippen MR) is 80.0 cm³/mol. The van der Waals surface area contributed by atoms with Gasteiger partial charge in [0, 0.05) is 11.1 Å². The monoisotopic (exact) mass is 299 g/mol. The van der Waals surface area contributed by atoms with E-state index < -0.39 is 0 Å². The molecule has 1 fully saturated rings. The van der Waals surface area contributed by atoms with Crippen LogP contribution < -0.4 is 5.32 Å². The molecule has 2 nitrogen and oxygen atoms in total. The van der Waals surface area contributed by atoms with Gasteiger partial charge in [-0.05, 0) is 31.0 Å². The average molecular weight is 300 g/mol. The SMILES string of the molecule is O=C(NC1CCCCCCC1)c1ccc(Cl)cc1Cl. The Morgan fingerprint density at radius 2 is 1.68 bits per heavy atom. The summed E-state index contributed by atoms with van der Waals surface area (Å²) in [7, 11) is 0. The average Bonchev–Trinajstić information content (AvgIpc) is 2.32. The lowest BCUT2D eigenvalue weighted by Crippen LogP contribution is -2.35. The number of benzene rings is 1. The van der Waals surface area contributed by atoms with Gasteiger partial charge in [0.05, 0.1) is 10.6 Å². The minimum Gasteiger partial charge on any atom is -0.349 e. The van der Waals surface area contributed by atoms with Crippen molar-refractivity contribution in [3.8, 4) is 0 Å². The van der Waals surface area contributed by atoms with Gasteiger partial charge in [0.2, 0.25) is 0 Å². The van der Waals surface area contributed by atoms with Crippen LogP contribution in [-0.2, 0) is 0 Å². The molecule has 0 heterocycles.